The Morgan fingerprint density at radius 1 is 1.32 bits per heavy atom. The zero-order valence-corrected chi connectivity index (χ0v) is 12.4. The van der Waals surface area contributed by atoms with Gasteiger partial charge < -0.3 is 10.6 Å². The lowest BCUT2D eigenvalue weighted by Gasteiger charge is -2.25. The number of nitrogens with zero attached hydrogens (tertiary/aromatic N) is 1. The van der Waals surface area contributed by atoms with Crippen LogP contribution in [0.25, 0.3) is 0 Å². The van der Waals surface area contributed by atoms with Crippen LogP contribution in [-0.4, -0.2) is 18.1 Å². The van der Waals surface area contributed by atoms with Crippen molar-refractivity contribution in [1.82, 2.24) is 0 Å². The van der Waals surface area contributed by atoms with Crippen LogP contribution in [0, 0.1) is 11.2 Å². The zero-order valence-electron chi connectivity index (χ0n) is 11.6. The van der Waals surface area contributed by atoms with E-state index >= 15 is 0 Å². The lowest BCUT2D eigenvalue weighted by atomic mass is 9.85. The molecule has 1 fully saturated rings. The summed E-state index contributed by atoms with van der Waals surface area (Å²) in [4.78, 5) is 2.37. The molecule has 0 radical (unpaired) electrons. The van der Waals surface area contributed by atoms with Gasteiger partial charge in [-0.05, 0) is 42.9 Å². The third-order valence-corrected chi connectivity index (χ3v) is 4.15. The first-order valence-electron chi connectivity index (χ1n) is 6.73. The van der Waals surface area contributed by atoms with Gasteiger partial charge in [0.1, 0.15) is 10.8 Å². The zero-order chi connectivity index (χ0) is 14.0. The van der Waals surface area contributed by atoms with Crippen molar-refractivity contribution in [2.75, 3.05) is 18.0 Å². The molecule has 104 valence electrons. The van der Waals surface area contributed by atoms with Gasteiger partial charge in [-0.15, -0.1) is 0 Å². The van der Waals surface area contributed by atoms with Gasteiger partial charge in [-0.3, -0.25) is 0 Å². The molecular formula is C15H21FN2S. The van der Waals surface area contributed by atoms with Crippen LogP contribution in [0.3, 0.4) is 0 Å². The summed E-state index contributed by atoms with van der Waals surface area (Å²) in [7, 11) is 0. The van der Waals surface area contributed by atoms with E-state index in [-0.39, 0.29) is 10.8 Å². The van der Waals surface area contributed by atoms with Crippen LogP contribution in [0.2, 0.25) is 0 Å². The lowest BCUT2D eigenvalue weighted by Crippen LogP contribution is -2.26. The third kappa shape index (κ3) is 3.44. The summed E-state index contributed by atoms with van der Waals surface area (Å²) in [6.45, 7) is 6.37. The molecular weight excluding hydrogens is 259 g/mol. The van der Waals surface area contributed by atoms with Crippen LogP contribution >= 0.6 is 12.2 Å². The Morgan fingerprint density at radius 3 is 2.68 bits per heavy atom. The number of rotatable bonds is 2. The van der Waals surface area contributed by atoms with Crippen LogP contribution < -0.4 is 10.6 Å². The van der Waals surface area contributed by atoms with E-state index in [9.17, 15) is 4.39 Å². The molecule has 0 spiro atoms. The highest BCUT2D eigenvalue weighted by atomic mass is 32.1. The topological polar surface area (TPSA) is 29.3 Å². The Hall–Kier alpha value is -1.16. The first kappa shape index (κ1) is 14.3. The van der Waals surface area contributed by atoms with Crippen molar-refractivity contribution in [1.29, 1.82) is 0 Å². The van der Waals surface area contributed by atoms with Crippen LogP contribution in [0.4, 0.5) is 10.1 Å². The number of nitrogens with two attached hydrogens (primary N) is 1. The molecule has 0 unspecified atom stereocenters. The molecule has 2 rings (SSSR count). The molecule has 0 amide bonds. The Kier molecular flexibility index (Phi) is 4.09. The molecule has 4 heteroatoms. The van der Waals surface area contributed by atoms with Gasteiger partial charge in [0, 0.05) is 18.7 Å². The Bertz CT molecular complexity index is 485. The van der Waals surface area contributed by atoms with Gasteiger partial charge in [0.25, 0.3) is 0 Å². The molecule has 2 nitrogen and oxygen atoms in total. The van der Waals surface area contributed by atoms with Crippen molar-refractivity contribution < 1.29 is 4.39 Å². The monoisotopic (exact) mass is 280 g/mol. The maximum atomic E-state index is 14.2. The maximum Gasteiger partial charge on any atom is 0.147 e. The molecule has 0 atom stereocenters. The van der Waals surface area contributed by atoms with Gasteiger partial charge in [0.05, 0.1) is 5.69 Å². The SMILES string of the molecule is CC1(C)CCCN(c2ccc(C(N)=S)cc2F)CC1. The fraction of sp³-hybridized carbons (Fsp3) is 0.533. The third-order valence-electron chi connectivity index (χ3n) is 3.91. The highest BCUT2D eigenvalue weighted by Crippen LogP contribution is 2.32. The van der Waals surface area contributed by atoms with E-state index in [4.69, 9.17) is 18.0 Å². The summed E-state index contributed by atoms with van der Waals surface area (Å²) in [5.74, 6) is -0.231. The summed E-state index contributed by atoms with van der Waals surface area (Å²) >= 11 is 4.87. The van der Waals surface area contributed by atoms with Crippen molar-refractivity contribution in [2.24, 2.45) is 11.1 Å². The smallest absolute Gasteiger partial charge is 0.147 e. The largest absolute Gasteiger partial charge is 0.389 e. The molecule has 1 saturated heterocycles. The number of benzene rings is 1. The standard InChI is InChI=1S/C15H21FN2S/c1-15(2)6-3-8-18(9-7-15)13-5-4-11(14(17)19)10-12(13)16/h4-5,10H,3,6-9H2,1-2H3,(H2,17,19). The number of anilines is 1. The Labute approximate surface area is 119 Å². The highest BCUT2D eigenvalue weighted by Gasteiger charge is 2.24. The molecule has 0 aliphatic carbocycles. The summed E-state index contributed by atoms with van der Waals surface area (Å²) in [5.41, 5.74) is 7.13. The van der Waals surface area contributed by atoms with E-state index in [1.54, 1.807) is 12.1 Å². The van der Waals surface area contributed by atoms with E-state index in [0.29, 0.717) is 16.7 Å². The van der Waals surface area contributed by atoms with Gasteiger partial charge in [0.2, 0.25) is 0 Å². The summed E-state index contributed by atoms with van der Waals surface area (Å²) < 4.78 is 14.2. The highest BCUT2D eigenvalue weighted by molar-refractivity contribution is 7.80. The summed E-state index contributed by atoms with van der Waals surface area (Å²) in [6.07, 6.45) is 3.38. The van der Waals surface area contributed by atoms with E-state index in [1.807, 2.05) is 0 Å². The first-order chi connectivity index (χ1) is 8.89. The lowest BCUT2D eigenvalue weighted by molar-refractivity contribution is 0.325. The predicted molar refractivity (Wildman–Crippen MR) is 82.1 cm³/mol. The molecule has 0 aromatic heterocycles. The van der Waals surface area contributed by atoms with Gasteiger partial charge in [0.15, 0.2) is 0 Å². The van der Waals surface area contributed by atoms with Crippen LogP contribution in [-0.2, 0) is 0 Å². The number of hydrogen-bond donors (Lipinski definition) is 1. The average molecular weight is 280 g/mol. The Balaban J connectivity index is 2.20. The molecule has 0 bridgehead atoms. The molecule has 1 aromatic rings. The van der Waals surface area contributed by atoms with Crippen molar-refractivity contribution in [2.45, 2.75) is 33.1 Å². The molecule has 1 aliphatic rings. The van der Waals surface area contributed by atoms with Crippen LogP contribution in [0.5, 0.6) is 0 Å². The number of halogens is 1. The van der Waals surface area contributed by atoms with E-state index in [2.05, 4.69) is 18.7 Å². The molecule has 1 heterocycles. The minimum absolute atomic E-state index is 0.231. The van der Waals surface area contributed by atoms with Crippen molar-refractivity contribution in [3.05, 3.63) is 29.6 Å². The average Bonchev–Trinajstić information content (AvgIpc) is 2.50. The van der Waals surface area contributed by atoms with Crippen molar-refractivity contribution >= 4 is 22.9 Å². The Morgan fingerprint density at radius 2 is 2.05 bits per heavy atom. The molecule has 1 aromatic carbocycles. The first-order valence-corrected chi connectivity index (χ1v) is 7.14. The minimum atomic E-state index is -0.231. The second kappa shape index (κ2) is 5.45. The van der Waals surface area contributed by atoms with Crippen LogP contribution in [0.1, 0.15) is 38.7 Å². The fourth-order valence-electron chi connectivity index (χ4n) is 2.58. The number of hydrogen-bond acceptors (Lipinski definition) is 2. The summed E-state index contributed by atoms with van der Waals surface area (Å²) in [6, 6.07) is 5.03. The fourth-order valence-corrected chi connectivity index (χ4v) is 2.71. The van der Waals surface area contributed by atoms with Gasteiger partial charge in [-0.1, -0.05) is 26.1 Å². The predicted octanol–water partition coefficient (Wildman–Crippen LogP) is 3.48. The summed E-state index contributed by atoms with van der Waals surface area (Å²) in [5, 5.41) is 0. The van der Waals surface area contributed by atoms with E-state index in [0.717, 1.165) is 25.9 Å². The van der Waals surface area contributed by atoms with Crippen molar-refractivity contribution in [3.8, 4) is 0 Å². The molecule has 1 aliphatic heterocycles. The second-order valence-corrected chi connectivity index (χ2v) is 6.48. The van der Waals surface area contributed by atoms with Gasteiger partial charge in [-0.25, -0.2) is 4.39 Å². The molecule has 2 N–H and O–H groups in total. The maximum absolute atomic E-state index is 14.2. The van der Waals surface area contributed by atoms with Crippen LogP contribution in [0.15, 0.2) is 18.2 Å². The second-order valence-electron chi connectivity index (χ2n) is 6.04. The number of thiocarbonyl (C=S) groups is 1. The van der Waals surface area contributed by atoms with E-state index < -0.39 is 0 Å². The van der Waals surface area contributed by atoms with Crippen molar-refractivity contribution in [3.63, 3.8) is 0 Å². The quantitative estimate of drug-likeness (QED) is 0.841. The molecule has 0 saturated carbocycles. The van der Waals surface area contributed by atoms with E-state index in [1.165, 1.54) is 12.5 Å². The van der Waals surface area contributed by atoms with Gasteiger partial charge >= 0.3 is 0 Å². The normalized spacial score (nSPS) is 19.0. The van der Waals surface area contributed by atoms with Gasteiger partial charge in [-0.2, -0.15) is 0 Å². The minimum Gasteiger partial charge on any atom is -0.389 e. The molecule has 19 heavy (non-hydrogen) atoms.